The van der Waals surface area contributed by atoms with E-state index in [9.17, 15) is 0 Å². The number of hydrogen-bond donors (Lipinski definition) is 2. The first-order chi connectivity index (χ1) is 4.79. The van der Waals surface area contributed by atoms with Gasteiger partial charge in [-0.05, 0) is 12.2 Å². The van der Waals surface area contributed by atoms with Crippen LogP contribution in [0, 0.1) is 0 Å². The molecule has 2 N–H and O–H groups in total. The summed E-state index contributed by atoms with van der Waals surface area (Å²) < 4.78 is 0. The van der Waals surface area contributed by atoms with E-state index in [0.717, 1.165) is 5.69 Å². The molecule has 0 unspecified atom stereocenters. The number of imidazole rings is 1. The van der Waals surface area contributed by atoms with Crippen LogP contribution in [0.15, 0.2) is 30.9 Å². The van der Waals surface area contributed by atoms with Crippen molar-refractivity contribution in [2.24, 2.45) is 0 Å². The third kappa shape index (κ3) is 1.78. The van der Waals surface area contributed by atoms with Gasteiger partial charge in [0.15, 0.2) is 0 Å². The molecule has 0 fully saturated rings. The first kappa shape index (κ1) is 6.61. The van der Waals surface area contributed by atoms with Gasteiger partial charge in [-0.1, -0.05) is 6.58 Å². The van der Waals surface area contributed by atoms with Crippen LogP contribution in [0.5, 0.6) is 0 Å². The maximum absolute atomic E-state index is 8.64. The van der Waals surface area contributed by atoms with Crippen molar-refractivity contribution in [1.29, 1.82) is 0 Å². The molecule has 3 heteroatoms. The summed E-state index contributed by atoms with van der Waals surface area (Å²) in [6, 6.07) is 0. The Bertz CT molecular complexity index is 236. The van der Waals surface area contributed by atoms with E-state index in [1.54, 1.807) is 18.6 Å². The summed E-state index contributed by atoms with van der Waals surface area (Å²) in [5.74, 6) is 0.0367. The standard InChI is InChI=1S/C7H8N2O/c1-6(10)2-3-7-4-8-5-9-7/h2-5,10H,1H2,(H,8,9)/b3-2+. The normalized spacial score (nSPS) is 10.4. The zero-order chi connectivity index (χ0) is 7.40. The molecule has 0 bridgehead atoms. The quantitative estimate of drug-likeness (QED) is 0.478. The largest absolute Gasteiger partial charge is 0.509 e. The van der Waals surface area contributed by atoms with Crippen LogP contribution in [0.2, 0.25) is 0 Å². The fourth-order valence-corrected chi connectivity index (χ4v) is 0.544. The van der Waals surface area contributed by atoms with Gasteiger partial charge >= 0.3 is 0 Å². The fourth-order valence-electron chi connectivity index (χ4n) is 0.544. The third-order valence-corrected chi connectivity index (χ3v) is 0.975. The second-order valence-corrected chi connectivity index (χ2v) is 1.83. The summed E-state index contributed by atoms with van der Waals surface area (Å²) in [5.41, 5.74) is 0.843. The minimum absolute atomic E-state index is 0.0367. The Balaban J connectivity index is 2.64. The number of aliphatic hydroxyl groups is 1. The van der Waals surface area contributed by atoms with Crippen LogP contribution in [0.3, 0.4) is 0 Å². The summed E-state index contributed by atoms with van der Waals surface area (Å²) in [5, 5.41) is 8.64. The molecule has 0 saturated heterocycles. The van der Waals surface area contributed by atoms with E-state index in [0.29, 0.717) is 0 Å². The topological polar surface area (TPSA) is 48.9 Å². The Morgan fingerprint density at radius 1 is 1.80 bits per heavy atom. The first-order valence-corrected chi connectivity index (χ1v) is 2.83. The Labute approximate surface area is 58.7 Å². The van der Waals surface area contributed by atoms with E-state index in [1.807, 2.05) is 0 Å². The number of aliphatic hydroxyl groups excluding tert-OH is 1. The molecule has 52 valence electrons. The highest BCUT2D eigenvalue weighted by atomic mass is 16.3. The van der Waals surface area contributed by atoms with E-state index in [2.05, 4.69) is 16.5 Å². The van der Waals surface area contributed by atoms with Gasteiger partial charge in [0.05, 0.1) is 18.2 Å². The average molecular weight is 136 g/mol. The third-order valence-electron chi connectivity index (χ3n) is 0.975. The number of aromatic nitrogens is 2. The van der Waals surface area contributed by atoms with Crippen LogP contribution in [0.25, 0.3) is 6.08 Å². The predicted molar refractivity (Wildman–Crippen MR) is 39.4 cm³/mol. The van der Waals surface area contributed by atoms with Gasteiger partial charge in [-0.15, -0.1) is 0 Å². The van der Waals surface area contributed by atoms with Crippen LogP contribution in [-0.2, 0) is 0 Å². The SMILES string of the molecule is C=C(O)/C=C/c1cnc[nH]1. The molecular formula is C7H8N2O. The van der Waals surface area contributed by atoms with Crippen molar-refractivity contribution in [2.75, 3.05) is 0 Å². The summed E-state index contributed by atoms with van der Waals surface area (Å²) in [7, 11) is 0. The summed E-state index contributed by atoms with van der Waals surface area (Å²) in [6.07, 6.45) is 6.40. The summed E-state index contributed by atoms with van der Waals surface area (Å²) in [6.45, 7) is 3.29. The van der Waals surface area contributed by atoms with Crippen molar-refractivity contribution >= 4 is 6.08 Å². The van der Waals surface area contributed by atoms with Crippen molar-refractivity contribution in [3.63, 3.8) is 0 Å². The van der Waals surface area contributed by atoms with Crippen LogP contribution in [0.4, 0.5) is 0 Å². The summed E-state index contributed by atoms with van der Waals surface area (Å²) >= 11 is 0. The lowest BCUT2D eigenvalue weighted by atomic mass is 10.4. The molecule has 1 heterocycles. The van der Waals surface area contributed by atoms with E-state index in [1.165, 1.54) is 6.08 Å². The molecule has 1 aromatic heterocycles. The molecule has 0 radical (unpaired) electrons. The second kappa shape index (κ2) is 2.87. The average Bonchev–Trinajstić information content (AvgIpc) is 2.34. The maximum Gasteiger partial charge on any atom is 0.108 e. The van der Waals surface area contributed by atoms with Gasteiger partial charge in [0.2, 0.25) is 0 Å². The molecule has 0 spiro atoms. The molecule has 0 aromatic carbocycles. The number of nitrogens with one attached hydrogen (secondary N) is 1. The lowest BCUT2D eigenvalue weighted by molar-refractivity contribution is 0.436. The van der Waals surface area contributed by atoms with Crippen molar-refractivity contribution in [3.8, 4) is 0 Å². The molecule has 0 aliphatic carbocycles. The number of rotatable bonds is 2. The first-order valence-electron chi connectivity index (χ1n) is 2.83. The highest BCUT2D eigenvalue weighted by molar-refractivity contribution is 5.46. The Kier molecular flexibility index (Phi) is 1.89. The van der Waals surface area contributed by atoms with Gasteiger partial charge in [-0.25, -0.2) is 4.98 Å². The molecule has 0 atom stereocenters. The minimum Gasteiger partial charge on any atom is -0.509 e. The van der Waals surface area contributed by atoms with Crippen LogP contribution < -0.4 is 0 Å². The lowest BCUT2D eigenvalue weighted by Gasteiger charge is -1.83. The van der Waals surface area contributed by atoms with Gasteiger partial charge in [0, 0.05) is 0 Å². The van der Waals surface area contributed by atoms with Crippen molar-refractivity contribution in [1.82, 2.24) is 9.97 Å². The van der Waals surface area contributed by atoms with Crippen molar-refractivity contribution in [2.45, 2.75) is 0 Å². The molecule has 10 heavy (non-hydrogen) atoms. The van der Waals surface area contributed by atoms with Gasteiger partial charge in [0.1, 0.15) is 5.76 Å². The number of allylic oxidation sites excluding steroid dienone is 1. The van der Waals surface area contributed by atoms with E-state index < -0.39 is 0 Å². The van der Waals surface area contributed by atoms with Gasteiger partial charge < -0.3 is 10.1 Å². The Morgan fingerprint density at radius 2 is 2.60 bits per heavy atom. The predicted octanol–water partition coefficient (Wildman–Crippen LogP) is 1.49. The number of nitrogens with zero attached hydrogens (tertiary/aromatic N) is 1. The van der Waals surface area contributed by atoms with E-state index in [4.69, 9.17) is 5.11 Å². The van der Waals surface area contributed by atoms with E-state index >= 15 is 0 Å². The molecular weight excluding hydrogens is 128 g/mol. The van der Waals surface area contributed by atoms with Gasteiger partial charge in [0.25, 0.3) is 0 Å². The summed E-state index contributed by atoms with van der Waals surface area (Å²) in [4.78, 5) is 6.62. The van der Waals surface area contributed by atoms with Gasteiger partial charge in [-0.3, -0.25) is 0 Å². The molecule has 0 aliphatic heterocycles. The van der Waals surface area contributed by atoms with Gasteiger partial charge in [-0.2, -0.15) is 0 Å². The highest BCUT2D eigenvalue weighted by Gasteiger charge is 1.83. The van der Waals surface area contributed by atoms with Crippen LogP contribution in [-0.4, -0.2) is 15.1 Å². The molecule has 1 aromatic rings. The maximum atomic E-state index is 8.64. The van der Waals surface area contributed by atoms with Crippen LogP contribution in [0.1, 0.15) is 5.69 Å². The number of hydrogen-bond acceptors (Lipinski definition) is 2. The number of H-pyrrole nitrogens is 1. The number of aromatic amines is 1. The van der Waals surface area contributed by atoms with Crippen LogP contribution >= 0.6 is 0 Å². The molecule has 3 nitrogen and oxygen atoms in total. The highest BCUT2D eigenvalue weighted by Crippen LogP contribution is 1.96. The molecule has 0 aliphatic rings. The molecule has 0 amide bonds. The van der Waals surface area contributed by atoms with Crippen molar-refractivity contribution in [3.05, 3.63) is 36.6 Å². The fraction of sp³-hybridized carbons (Fsp3) is 0. The zero-order valence-corrected chi connectivity index (χ0v) is 5.41. The Hall–Kier alpha value is -1.51. The minimum atomic E-state index is 0.0367. The smallest absolute Gasteiger partial charge is 0.108 e. The zero-order valence-electron chi connectivity index (χ0n) is 5.41. The second-order valence-electron chi connectivity index (χ2n) is 1.83. The molecule has 0 saturated carbocycles. The Morgan fingerprint density at radius 3 is 3.10 bits per heavy atom. The molecule has 1 rings (SSSR count). The lowest BCUT2D eigenvalue weighted by Crippen LogP contribution is -1.69. The monoisotopic (exact) mass is 136 g/mol. The van der Waals surface area contributed by atoms with Crippen molar-refractivity contribution < 1.29 is 5.11 Å². The van der Waals surface area contributed by atoms with E-state index in [-0.39, 0.29) is 5.76 Å².